The van der Waals surface area contributed by atoms with E-state index in [0.29, 0.717) is 19.5 Å². The summed E-state index contributed by atoms with van der Waals surface area (Å²) in [6.07, 6.45) is 3.37. The number of hydrogen-bond donors (Lipinski definition) is 2. The molecule has 0 fully saturated rings. The predicted molar refractivity (Wildman–Crippen MR) is 52.8 cm³/mol. The van der Waals surface area contributed by atoms with Crippen molar-refractivity contribution in [2.75, 3.05) is 19.7 Å². The molecular weight excluding hydrogens is 184 g/mol. The van der Waals surface area contributed by atoms with Gasteiger partial charge < -0.3 is 15.4 Å². The van der Waals surface area contributed by atoms with E-state index in [1.54, 1.807) is 0 Å². The summed E-state index contributed by atoms with van der Waals surface area (Å²) < 4.78 is 4.68. The van der Waals surface area contributed by atoms with Crippen LogP contribution in [0.4, 0.5) is 4.79 Å². The van der Waals surface area contributed by atoms with Gasteiger partial charge in [-0.05, 0) is 12.8 Å². The molecule has 2 amide bonds. The third-order valence-electron chi connectivity index (χ3n) is 1.43. The van der Waals surface area contributed by atoms with Gasteiger partial charge in [0.1, 0.15) is 6.61 Å². The van der Waals surface area contributed by atoms with Crippen LogP contribution in [0.1, 0.15) is 12.8 Å². The molecule has 0 rings (SSSR count). The molecule has 0 saturated carbocycles. The lowest BCUT2D eigenvalue weighted by atomic mass is 10.3. The highest BCUT2D eigenvalue weighted by atomic mass is 16.5. The molecule has 0 aromatic heterocycles. The highest BCUT2D eigenvalue weighted by Gasteiger charge is 1.97. The zero-order chi connectivity index (χ0) is 10.6. The van der Waals surface area contributed by atoms with Gasteiger partial charge in [-0.2, -0.15) is 0 Å². The van der Waals surface area contributed by atoms with Crippen molar-refractivity contribution in [3.05, 3.63) is 12.7 Å². The van der Waals surface area contributed by atoms with Gasteiger partial charge in [0.25, 0.3) is 0 Å². The average molecular weight is 200 g/mol. The maximum Gasteiger partial charge on any atom is 0.407 e. The van der Waals surface area contributed by atoms with E-state index in [1.165, 1.54) is 6.08 Å². The number of hydrogen-bond acceptors (Lipinski definition) is 3. The second-order valence-electron chi connectivity index (χ2n) is 2.59. The van der Waals surface area contributed by atoms with Crippen LogP contribution in [-0.2, 0) is 9.53 Å². The molecule has 0 aliphatic rings. The standard InChI is InChI=1S/C9H16N2O3/c1-2-7-14-9(13)11-6-4-3-5-10-8-12/h2,8H,1,3-7H2,(H,10,12)(H,11,13). The van der Waals surface area contributed by atoms with Gasteiger partial charge in [-0.3, -0.25) is 4.79 Å². The lowest BCUT2D eigenvalue weighted by Crippen LogP contribution is -2.26. The zero-order valence-corrected chi connectivity index (χ0v) is 8.12. The van der Waals surface area contributed by atoms with Crippen LogP contribution in [0.3, 0.4) is 0 Å². The van der Waals surface area contributed by atoms with E-state index in [2.05, 4.69) is 21.9 Å². The minimum absolute atomic E-state index is 0.221. The molecule has 5 nitrogen and oxygen atoms in total. The summed E-state index contributed by atoms with van der Waals surface area (Å²) in [6.45, 7) is 4.82. The topological polar surface area (TPSA) is 67.4 Å². The van der Waals surface area contributed by atoms with E-state index in [4.69, 9.17) is 0 Å². The van der Waals surface area contributed by atoms with Crippen molar-refractivity contribution >= 4 is 12.5 Å². The van der Waals surface area contributed by atoms with Gasteiger partial charge in [0, 0.05) is 13.1 Å². The van der Waals surface area contributed by atoms with Crippen LogP contribution < -0.4 is 10.6 Å². The lowest BCUT2D eigenvalue weighted by Gasteiger charge is -2.04. The van der Waals surface area contributed by atoms with Crippen molar-refractivity contribution in [3.8, 4) is 0 Å². The molecule has 80 valence electrons. The van der Waals surface area contributed by atoms with E-state index >= 15 is 0 Å². The van der Waals surface area contributed by atoms with Crippen LogP contribution in [0, 0.1) is 0 Å². The van der Waals surface area contributed by atoms with Crippen molar-refractivity contribution in [1.29, 1.82) is 0 Å². The molecule has 0 aliphatic carbocycles. The van der Waals surface area contributed by atoms with E-state index in [0.717, 1.165) is 12.8 Å². The Hall–Kier alpha value is -1.52. The number of carbonyl (C=O) groups is 2. The molecular formula is C9H16N2O3. The molecule has 5 heteroatoms. The number of amides is 2. The second kappa shape index (κ2) is 9.57. The fraction of sp³-hybridized carbons (Fsp3) is 0.556. The second-order valence-corrected chi connectivity index (χ2v) is 2.59. The summed E-state index contributed by atoms with van der Waals surface area (Å²) in [5.74, 6) is 0. The number of nitrogens with one attached hydrogen (secondary N) is 2. The molecule has 0 bridgehead atoms. The minimum atomic E-state index is -0.437. The Balaban J connectivity index is 3.14. The molecule has 0 atom stereocenters. The van der Waals surface area contributed by atoms with E-state index < -0.39 is 6.09 Å². The predicted octanol–water partition coefficient (Wildman–Crippen LogP) is 0.425. The van der Waals surface area contributed by atoms with Gasteiger partial charge in [0.15, 0.2) is 0 Å². The molecule has 0 aliphatic heterocycles. The highest BCUT2D eigenvalue weighted by Crippen LogP contribution is 1.85. The number of rotatable bonds is 8. The van der Waals surface area contributed by atoms with Gasteiger partial charge >= 0.3 is 6.09 Å². The van der Waals surface area contributed by atoms with Crippen molar-refractivity contribution in [1.82, 2.24) is 10.6 Å². The summed E-state index contributed by atoms with van der Waals surface area (Å²) in [6, 6.07) is 0. The maximum absolute atomic E-state index is 10.8. The Morgan fingerprint density at radius 2 is 2.07 bits per heavy atom. The normalized spacial score (nSPS) is 8.86. The van der Waals surface area contributed by atoms with Crippen LogP contribution in [-0.4, -0.2) is 32.2 Å². The number of ether oxygens (including phenoxy) is 1. The minimum Gasteiger partial charge on any atom is -0.445 e. The molecule has 2 N–H and O–H groups in total. The van der Waals surface area contributed by atoms with Gasteiger partial charge in [0.2, 0.25) is 6.41 Å². The summed E-state index contributed by atoms with van der Waals surface area (Å²) in [4.78, 5) is 20.7. The number of unbranched alkanes of at least 4 members (excludes halogenated alkanes) is 1. The Labute approximate surface area is 83.5 Å². The van der Waals surface area contributed by atoms with E-state index in [9.17, 15) is 9.59 Å². The first-order chi connectivity index (χ1) is 6.81. The maximum atomic E-state index is 10.8. The summed E-state index contributed by atoms with van der Waals surface area (Å²) in [5.41, 5.74) is 0. The first-order valence-electron chi connectivity index (χ1n) is 4.49. The SMILES string of the molecule is C=CCOC(=O)NCCCCNC=O. The fourth-order valence-electron chi connectivity index (χ4n) is 0.787. The molecule has 0 unspecified atom stereocenters. The number of carbonyl (C=O) groups excluding carboxylic acids is 2. The Bertz CT molecular complexity index is 183. The van der Waals surface area contributed by atoms with Crippen LogP contribution in [0.15, 0.2) is 12.7 Å². The van der Waals surface area contributed by atoms with Crippen LogP contribution in [0.2, 0.25) is 0 Å². The van der Waals surface area contributed by atoms with E-state index in [1.807, 2.05) is 0 Å². The van der Waals surface area contributed by atoms with Gasteiger partial charge in [-0.25, -0.2) is 4.79 Å². The summed E-state index contributed by atoms with van der Waals surface area (Å²) in [7, 11) is 0. The first-order valence-corrected chi connectivity index (χ1v) is 4.49. The molecule has 0 aromatic carbocycles. The van der Waals surface area contributed by atoms with E-state index in [-0.39, 0.29) is 6.61 Å². The van der Waals surface area contributed by atoms with Gasteiger partial charge in [0.05, 0.1) is 0 Å². The molecule has 0 heterocycles. The van der Waals surface area contributed by atoms with Crippen molar-refractivity contribution in [2.24, 2.45) is 0 Å². The van der Waals surface area contributed by atoms with Crippen LogP contribution in [0.5, 0.6) is 0 Å². The van der Waals surface area contributed by atoms with Crippen molar-refractivity contribution in [2.45, 2.75) is 12.8 Å². The zero-order valence-electron chi connectivity index (χ0n) is 8.12. The lowest BCUT2D eigenvalue weighted by molar-refractivity contribution is -0.109. The first kappa shape index (κ1) is 12.5. The molecule has 0 radical (unpaired) electrons. The Kier molecular flexibility index (Phi) is 8.53. The van der Waals surface area contributed by atoms with Crippen LogP contribution >= 0.6 is 0 Å². The number of alkyl carbamates (subject to hydrolysis) is 1. The Morgan fingerprint density at radius 1 is 1.36 bits per heavy atom. The van der Waals surface area contributed by atoms with Crippen molar-refractivity contribution < 1.29 is 14.3 Å². The molecule has 0 aromatic rings. The smallest absolute Gasteiger partial charge is 0.407 e. The molecule has 0 spiro atoms. The Morgan fingerprint density at radius 3 is 2.71 bits per heavy atom. The quantitative estimate of drug-likeness (QED) is 0.339. The third kappa shape index (κ3) is 8.58. The average Bonchev–Trinajstić information content (AvgIpc) is 2.20. The van der Waals surface area contributed by atoms with Gasteiger partial charge in [-0.15, -0.1) is 0 Å². The molecule has 0 saturated heterocycles. The third-order valence-corrected chi connectivity index (χ3v) is 1.43. The monoisotopic (exact) mass is 200 g/mol. The van der Waals surface area contributed by atoms with Gasteiger partial charge in [-0.1, -0.05) is 12.7 Å². The highest BCUT2D eigenvalue weighted by molar-refractivity contribution is 5.67. The molecule has 14 heavy (non-hydrogen) atoms. The largest absolute Gasteiger partial charge is 0.445 e. The summed E-state index contributed by atoms with van der Waals surface area (Å²) in [5, 5.41) is 5.10. The fourth-order valence-corrected chi connectivity index (χ4v) is 0.787. The van der Waals surface area contributed by atoms with Crippen molar-refractivity contribution in [3.63, 3.8) is 0 Å². The van der Waals surface area contributed by atoms with Crippen LogP contribution in [0.25, 0.3) is 0 Å². The summed E-state index contributed by atoms with van der Waals surface area (Å²) >= 11 is 0.